The van der Waals surface area contributed by atoms with Gasteiger partial charge in [-0.3, -0.25) is 4.99 Å². The minimum absolute atomic E-state index is 0. The van der Waals surface area contributed by atoms with Gasteiger partial charge in [-0.05, 0) is 38.0 Å². The van der Waals surface area contributed by atoms with Gasteiger partial charge in [0.05, 0.1) is 5.75 Å². The largest absolute Gasteiger partial charge is 0.356 e. The summed E-state index contributed by atoms with van der Waals surface area (Å²) >= 11 is 0. The molecule has 8 heteroatoms. The SMILES string of the molecule is CCS(=O)(=O)NCCCNC(=NC)N1CCC2(CCC2)C1.I. The molecule has 0 aromatic rings. The molecule has 0 aromatic carbocycles. The fraction of sp³-hybridized carbons (Fsp3) is 0.929. The Morgan fingerprint density at radius 1 is 1.27 bits per heavy atom. The Labute approximate surface area is 151 Å². The van der Waals surface area contributed by atoms with Crippen LogP contribution < -0.4 is 10.0 Å². The van der Waals surface area contributed by atoms with Crippen molar-refractivity contribution in [3.05, 3.63) is 0 Å². The van der Waals surface area contributed by atoms with E-state index in [1.165, 1.54) is 25.7 Å². The van der Waals surface area contributed by atoms with Crippen LogP contribution in [0.25, 0.3) is 0 Å². The Morgan fingerprint density at radius 3 is 2.50 bits per heavy atom. The lowest BCUT2D eigenvalue weighted by molar-refractivity contribution is 0.151. The monoisotopic (exact) mass is 444 g/mol. The molecule has 1 saturated carbocycles. The number of halogens is 1. The molecule has 1 saturated heterocycles. The summed E-state index contributed by atoms with van der Waals surface area (Å²) in [6.45, 7) is 5.07. The first-order chi connectivity index (χ1) is 10.0. The minimum atomic E-state index is -3.07. The number of likely N-dealkylation sites (tertiary alicyclic amines) is 1. The van der Waals surface area contributed by atoms with Gasteiger partial charge in [-0.25, -0.2) is 13.1 Å². The molecule has 0 unspecified atom stereocenters. The molecule has 0 atom stereocenters. The number of rotatable bonds is 6. The van der Waals surface area contributed by atoms with Crippen LogP contribution in [0, 0.1) is 5.41 Å². The maximum atomic E-state index is 11.3. The lowest BCUT2D eigenvalue weighted by atomic mass is 9.68. The Balaban J connectivity index is 0.00000242. The number of guanidine groups is 1. The van der Waals surface area contributed by atoms with Crippen molar-refractivity contribution in [1.82, 2.24) is 14.9 Å². The van der Waals surface area contributed by atoms with E-state index in [9.17, 15) is 8.42 Å². The van der Waals surface area contributed by atoms with Crippen LogP contribution in [0.3, 0.4) is 0 Å². The Morgan fingerprint density at radius 2 is 2.00 bits per heavy atom. The molecule has 2 fully saturated rings. The van der Waals surface area contributed by atoms with Crippen molar-refractivity contribution < 1.29 is 8.42 Å². The van der Waals surface area contributed by atoms with Gasteiger partial charge in [-0.2, -0.15) is 0 Å². The van der Waals surface area contributed by atoms with Crippen LogP contribution in [0.2, 0.25) is 0 Å². The molecular weight excluding hydrogens is 415 g/mol. The molecule has 1 aliphatic carbocycles. The van der Waals surface area contributed by atoms with Gasteiger partial charge in [-0.1, -0.05) is 6.42 Å². The highest BCUT2D eigenvalue weighted by Gasteiger charge is 2.43. The highest BCUT2D eigenvalue weighted by atomic mass is 127. The maximum absolute atomic E-state index is 11.3. The van der Waals surface area contributed by atoms with E-state index in [1.54, 1.807) is 6.92 Å². The van der Waals surface area contributed by atoms with Gasteiger partial charge in [0.1, 0.15) is 0 Å². The van der Waals surface area contributed by atoms with Crippen LogP contribution in [0.1, 0.15) is 39.0 Å². The van der Waals surface area contributed by atoms with Crippen molar-refractivity contribution >= 4 is 40.0 Å². The molecule has 0 radical (unpaired) electrons. The fourth-order valence-electron chi connectivity index (χ4n) is 3.15. The van der Waals surface area contributed by atoms with E-state index >= 15 is 0 Å². The number of nitrogens with one attached hydrogen (secondary N) is 2. The average Bonchev–Trinajstić information content (AvgIpc) is 2.88. The molecule has 22 heavy (non-hydrogen) atoms. The highest BCUT2D eigenvalue weighted by Crippen LogP contribution is 2.47. The first kappa shape index (κ1) is 20.0. The molecular formula is C14H29IN4O2S. The van der Waals surface area contributed by atoms with Crippen LogP contribution in [-0.2, 0) is 10.0 Å². The fourth-order valence-corrected chi connectivity index (χ4v) is 3.81. The summed E-state index contributed by atoms with van der Waals surface area (Å²) in [5, 5.41) is 3.34. The lowest BCUT2D eigenvalue weighted by Gasteiger charge is -2.38. The van der Waals surface area contributed by atoms with Crippen molar-refractivity contribution in [3.8, 4) is 0 Å². The zero-order chi connectivity index (χ0) is 15.3. The topological polar surface area (TPSA) is 73.8 Å². The first-order valence-corrected chi connectivity index (χ1v) is 9.58. The number of aliphatic imine (C=N–C) groups is 1. The molecule has 0 bridgehead atoms. The quantitative estimate of drug-likeness (QED) is 0.281. The third-order valence-corrected chi connectivity index (χ3v) is 6.11. The number of sulfonamides is 1. The van der Waals surface area contributed by atoms with E-state index in [1.807, 2.05) is 7.05 Å². The van der Waals surface area contributed by atoms with Crippen molar-refractivity contribution in [2.75, 3.05) is 39.0 Å². The molecule has 2 rings (SSSR count). The van der Waals surface area contributed by atoms with E-state index in [2.05, 4.69) is 19.9 Å². The third-order valence-electron chi connectivity index (χ3n) is 4.70. The molecule has 1 aliphatic heterocycles. The number of nitrogens with zero attached hydrogens (tertiary/aromatic N) is 2. The summed E-state index contributed by atoms with van der Waals surface area (Å²) in [5.41, 5.74) is 0.564. The minimum Gasteiger partial charge on any atom is -0.356 e. The normalized spacial score (nSPS) is 20.6. The van der Waals surface area contributed by atoms with Crippen LogP contribution in [0.15, 0.2) is 4.99 Å². The lowest BCUT2D eigenvalue weighted by Crippen LogP contribution is -2.43. The average molecular weight is 444 g/mol. The maximum Gasteiger partial charge on any atom is 0.211 e. The van der Waals surface area contributed by atoms with E-state index in [0.29, 0.717) is 12.0 Å². The van der Waals surface area contributed by atoms with E-state index in [-0.39, 0.29) is 29.7 Å². The summed E-state index contributed by atoms with van der Waals surface area (Å²) in [6.07, 6.45) is 6.14. The zero-order valence-corrected chi connectivity index (χ0v) is 16.7. The van der Waals surface area contributed by atoms with Gasteiger partial charge in [0.2, 0.25) is 10.0 Å². The third kappa shape index (κ3) is 5.23. The molecule has 1 heterocycles. The molecule has 6 nitrogen and oxygen atoms in total. The summed E-state index contributed by atoms with van der Waals surface area (Å²) in [5.74, 6) is 1.09. The Hall–Kier alpha value is -0.0900. The molecule has 2 aliphatic rings. The van der Waals surface area contributed by atoms with Crippen molar-refractivity contribution in [3.63, 3.8) is 0 Å². The van der Waals surface area contributed by atoms with Crippen molar-refractivity contribution in [2.24, 2.45) is 10.4 Å². The zero-order valence-electron chi connectivity index (χ0n) is 13.6. The standard InChI is InChI=1S/C14H28N4O2S.HI/c1-3-21(19,20)17-10-5-9-16-13(15-2)18-11-8-14(12-18)6-4-7-14;/h17H,3-12H2,1-2H3,(H,15,16);1H. The van der Waals surface area contributed by atoms with Crippen molar-refractivity contribution in [1.29, 1.82) is 0 Å². The molecule has 0 aromatic heterocycles. The van der Waals surface area contributed by atoms with Crippen LogP contribution in [0.4, 0.5) is 0 Å². The Bertz CT molecular complexity index is 477. The predicted molar refractivity (Wildman–Crippen MR) is 101 cm³/mol. The van der Waals surface area contributed by atoms with Gasteiger partial charge in [-0.15, -0.1) is 24.0 Å². The van der Waals surface area contributed by atoms with Gasteiger partial charge < -0.3 is 10.2 Å². The summed E-state index contributed by atoms with van der Waals surface area (Å²) in [7, 11) is -1.26. The molecule has 130 valence electrons. The van der Waals surface area contributed by atoms with Crippen LogP contribution in [-0.4, -0.2) is 58.3 Å². The smallest absolute Gasteiger partial charge is 0.211 e. The van der Waals surface area contributed by atoms with E-state index in [0.717, 1.165) is 32.0 Å². The molecule has 2 N–H and O–H groups in total. The number of hydrogen-bond acceptors (Lipinski definition) is 3. The summed E-state index contributed by atoms with van der Waals surface area (Å²) < 4.78 is 25.2. The second-order valence-electron chi connectivity index (χ2n) is 6.15. The van der Waals surface area contributed by atoms with E-state index in [4.69, 9.17) is 0 Å². The van der Waals surface area contributed by atoms with Gasteiger partial charge in [0, 0.05) is 33.2 Å². The van der Waals surface area contributed by atoms with Gasteiger partial charge in [0.15, 0.2) is 5.96 Å². The van der Waals surface area contributed by atoms with Gasteiger partial charge >= 0.3 is 0 Å². The molecule has 0 amide bonds. The summed E-state index contributed by atoms with van der Waals surface area (Å²) in [6, 6.07) is 0. The van der Waals surface area contributed by atoms with E-state index < -0.39 is 10.0 Å². The first-order valence-electron chi connectivity index (χ1n) is 7.93. The van der Waals surface area contributed by atoms with Crippen molar-refractivity contribution in [2.45, 2.75) is 39.0 Å². The van der Waals surface area contributed by atoms with Crippen LogP contribution in [0.5, 0.6) is 0 Å². The molecule has 1 spiro atoms. The van der Waals surface area contributed by atoms with Gasteiger partial charge in [0.25, 0.3) is 0 Å². The highest BCUT2D eigenvalue weighted by molar-refractivity contribution is 14.0. The second-order valence-corrected chi connectivity index (χ2v) is 8.25. The number of hydrogen-bond donors (Lipinski definition) is 2. The predicted octanol–water partition coefficient (Wildman–Crippen LogP) is 1.39. The Kier molecular flexibility index (Phi) is 7.87. The summed E-state index contributed by atoms with van der Waals surface area (Å²) in [4.78, 5) is 6.69. The second kappa shape index (κ2) is 8.68. The van der Waals surface area contributed by atoms with Crippen LogP contribution >= 0.6 is 24.0 Å².